The van der Waals surface area contributed by atoms with Crippen LogP contribution in [0, 0.1) is 0 Å². The number of hydrogen-bond acceptors (Lipinski definition) is 6. The number of anilines is 3. The van der Waals surface area contributed by atoms with E-state index in [1.165, 1.54) is 18.3 Å². The van der Waals surface area contributed by atoms with Crippen molar-refractivity contribution in [2.24, 2.45) is 7.05 Å². The molecule has 11 heteroatoms. The number of aryl methyl sites for hydroxylation is 1. The molecule has 2 aromatic heterocycles. The van der Waals surface area contributed by atoms with Gasteiger partial charge in [-0.1, -0.05) is 24.8 Å². The molecular weight excluding hydrogens is 461 g/mol. The molecule has 2 heterocycles. The van der Waals surface area contributed by atoms with Crippen molar-refractivity contribution in [3.05, 3.63) is 85.3 Å². The van der Waals surface area contributed by atoms with Crippen molar-refractivity contribution >= 4 is 23.2 Å². The highest BCUT2D eigenvalue weighted by Crippen LogP contribution is 2.35. The lowest BCUT2D eigenvalue weighted by Gasteiger charge is -2.13. The Morgan fingerprint density at radius 1 is 1.11 bits per heavy atom. The van der Waals surface area contributed by atoms with Crippen molar-refractivity contribution in [1.29, 1.82) is 0 Å². The van der Waals surface area contributed by atoms with Crippen LogP contribution in [0.5, 0.6) is 11.6 Å². The van der Waals surface area contributed by atoms with Gasteiger partial charge in [0.15, 0.2) is 0 Å². The fourth-order valence-electron chi connectivity index (χ4n) is 3.10. The van der Waals surface area contributed by atoms with Crippen LogP contribution >= 0.6 is 0 Å². The third kappa shape index (κ3) is 5.82. The number of benzene rings is 2. The summed E-state index contributed by atoms with van der Waals surface area (Å²) >= 11 is 0. The minimum atomic E-state index is -4.46. The number of alkyl halides is 3. The summed E-state index contributed by atoms with van der Waals surface area (Å²) in [6.45, 7) is 3.42. The minimum absolute atomic E-state index is 0.0957. The molecule has 178 valence electrons. The smallest absolute Gasteiger partial charge is 0.416 e. The van der Waals surface area contributed by atoms with Crippen LogP contribution in [-0.2, 0) is 18.0 Å². The van der Waals surface area contributed by atoms with Gasteiger partial charge in [0.05, 0.1) is 23.0 Å². The van der Waals surface area contributed by atoms with Gasteiger partial charge in [0, 0.05) is 31.2 Å². The van der Waals surface area contributed by atoms with E-state index in [-0.39, 0.29) is 11.8 Å². The van der Waals surface area contributed by atoms with Crippen LogP contribution in [0.4, 0.5) is 30.5 Å². The molecule has 4 aromatic rings. The normalized spacial score (nSPS) is 11.1. The van der Waals surface area contributed by atoms with Crippen LogP contribution in [0.1, 0.15) is 5.56 Å². The number of amides is 1. The zero-order valence-corrected chi connectivity index (χ0v) is 18.4. The second kappa shape index (κ2) is 9.67. The van der Waals surface area contributed by atoms with E-state index in [1.807, 2.05) is 0 Å². The van der Waals surface area contributed by atoms with Gasteiger partial charge in [0.25, 0.3) is 0 Å². The first-order valence-corrected chi connectivity index (χ1v) is 10.2. The number of hydrogen-bond donors (Lipinski definition) is 2. The first kappa shape index (κ1) is 23.5. The molecule has 0 saturated heterocycles. The lowest BCUT2D eigenvalue weighted by Crippen LogP contribution is -2.07. The van der Waals surface area contributed by atoms with Gasteiger partial charge >= 0.3 is 6.18 Å². The van der Waals surface area contributed by atoms with Crippen molar-refractivity contribution in [2.75, 3.05) is 10.6 Å². The second-order valence-corrected chi connectivity index (χ2v) is 7.34. The zero-order chi connectivity index (χ0) is 25.0. The van der Waals surface area contributed by atoms with E-state index in [9.17, 15) is 18.0 Å². The number of aromatic nitrogens is 4. The van der Waals surface area contributed by atoms with Gasteiger partial charge in [-0.15, -0.1) is 0 Å². The summed E-state index contributed by atoms with van der Waals surface area (Å²) in [6, 6.07) is 11.2. The molecule has 0 aliphatic heterocycles. The molecule has 0 aliphatic rings. The van der Waals surface area contributed by atoms with E-state index >= 15 is 0 Å². The maximum absolute atomic E-state index is 13.0. The fraction of sp³-hybridized carbons (Fsp3) is 0.0833. The topological polar surface area (TPSA) is 94.0 Å². The highest BCUT2D eigenvalue weighted by Gasteiger charge is 2.30. The summed E-state index contributed by atoms with van der Waals surface area (Å²) in [6.07, 6.45) is 1.44. The number of rotatable bonds is 7. The molecule has 35 heavy (non-hydrogen) atoms. The Morgan fingerprint density at radius 3 is 2.54 bits per heavy atom. The lowest BCUT2D eigenvalue weighted by molar-refractivity contribution is -0.137. The standard InChI is InChI=1S/C24H19F3N6O2/c1-3-21(34)30-17-5-4-6-19(11-17)35-22-20(15-7-9-16(10-8-15)24(25,26)27)13-28-23(32-22)31-18-12-29-33(2)14-18/h3-14H,1H2,2H3,(H,30,34)(H,28,31,32). The largest absolute Gasteiger partial charge is 0.438 e. The number of carbonyl (C=O) groups is 1. The van der Waals surface area contributed by atoms with E-state index < -0.39 is 17.6 Å². The maximum atomic E-state index is 13.0. The molecule has 0 atom stereocenters. The monoisotopic (exact) mass is 480 g/mol. The Hall–Kier alpha value is -4.67. The third-order valence-corrected chi connectivity index (χ3v) is 4.74. The van der Waals surface area contributed by atoms with Gasteiger partial charge in [-0.25, -0.2) is 4.98 Å². The van der Waals surface area contributed by atoms with Crippen LogP contribution in [0.2, 0.25) is 0 Å². The van der Waals surface area contributed by atoms with Gasteiger partial charge in [-0.3, -0.25) is 9.48 Å². The molecule has 2 aromatic carbocycles. The summed E-state index contributed by atoms with van der Waals surface area (Å²) in [7, 11) is 1.76. The maximum Gasteiger partial charge on any atom is 0.416 e. The fourth-order valence-corrected chi connectivity index (χ4v) is 3.10. The number of ether oxygens (including phenoxy) is 1. The van der Waals surface area contributed by atoms with Gasteiger partial charge in [-0.2, -0.15) is 23.3 Å². The molecule has 1 amide bonds. The summed E-state index contributed by atoms with van der Waals surface area (Å²) in [5, 5.41) is 9.70. The summed E-state index contributed by atoms with van der Waals surface area (Å²) in [4.78, 5) is 20.3. The Bertz CT molecular complexity index is 1370. The molecule has 0 radical (unpaired) electrons. The first-order chi connectivity index (χ1) is 16.7. The predicted molar refractivity (Wildman–Crippen MR) is 124 cm³/mol. The van der Waals surface area contributed by atoms with Gasteiger partial charge < -0.3 is 15.4 Å². The Kier molecular flexibility index (Phi) is 6.49. The van der Waals surface area contributed by atoms with Gasteiger partial charge in [-0.05, 0) is 35.9 Å². The highest BCUT2D eigenvalue weighted by molar-refractivity contribution is 5.98. The van der Waals surface area contributed by atoms with Crippen LogP contribution in [-0.4, -0.2) is 25.7 Å². The average molecular weight is 480 g/mol. The van der Waals surface area contributed by atoms with Crippen molar-refractivity contribution in [3.8, 4) is 22.8 Å². The van der Waals surface area contributed by atoms with Crippen molar-refractivity contribution in [1.82, 2.24) is 19.7 Å². The van der Waals surface area contributed by atoms with Crippen LogP contribution in [0.3, 0.4) is 0 Å². The zero-order valence-electron chi connectivity index (χ0n) is 18.4. The Labute approximate surface area is 198 Å². The van der Waals surface area contributed by atoms with Gasteiger partial charge in [0.1, 0.15) is 5.75 Å². The molecule has 4 rings (SSSR count). The van der Waals surface area contributed by atoms with Crippen LogP contribution < -0.4 is 15.4 Å². The molecule has 0 aliphatic carbocycles. The van der Waals surface area contributed by atoms with E-state index in [2.05, 4.69) is 32.3 Å². The second-order valence-electron chi connectivity index (χ2n) is 7.34. The molecular formula is C24H19F3N6O2. The molecule has 0 spiro atoms. The Morgan fingerprint density at radius 2 is 1.89 bits per heavy atom. The molecule has 2 N–H and O–H groups in total. The molecule has 0 bridgehead atoms. The van der Waals surface area contributed by atoms with Crippen LogP contribution in [0.25, 0.3) is 11.1 Å². The average Bonchev–Trinajstić information content (AvgIpc) is 3.23. The van der Waals surface area contributed by atoms with Crippen molar-refractivity contribution < 1.29 is 22.7 Å². The summed E-state index contributed by atoms with van der Waals surface area (Å²) in [5.74, 6) is 0.238. The molecule has 8 nitrogen and oxygen atoms in total. The summed E-state index contributed by atoms with van der Waals surface area (Å²) in [5.41, 5.74) is 1.12. The number of nitrogens with zero attached hydrogens (tertiary/aromatic N) is 4. The van der Waals surface area contributed by atoms with E-state index in [0.717, 1.165) is 18.2 Å². The number of halogens is 3. The lowest BCUT2D eigenvalue weighted by atomic mass is 10.1. The van der Waals surface area contributed by atoms with E-state index in [0.29, 0.717) is 28.3 Å². The Balaban J connectivity index is 1.70. The van der Waals surface area contributed by atoms with E-state index in [4.69, 9.17) is 4.74 Å². The molecule has 0 fully saturated rings. The van der Waals surface area contributed by atoms with Gasteiger partial charge in [0.2, 0.25) is 17.7 Å². The van der Waals surface area contributed by atoms with E-state index in [1.54, 1.807) is 48.4 Å². The summed E-state index contributed by atoms with van der Waals surface area (Å²) < 4.78 is 46.6. The highest BCUT2D eigenvalue weighted by atomic mass is 19.4. The molecule has 0 saturated carbocycles. The van der Waals surface area contributed by atoms with Crippen molar-refractivity contribution in [3.63, 3.8) is 0 Å². The predicted octanol–water partition coefficient (Wildman–Crippen LogP) is 5.56. The van der Waals surface area contributed by atoms with Crippen molar-refractivity contribution in [2.45, 2.75) is 6.18 Å². The first-order valence-electron chi connectivity index (χ1n) is 10.2. The number of carbonyl (C=O) groups excluding carboxylic acids is 1. The third-order valence-electron chi connectivity index (χ3n) is 4.74. The minimum Gasteiger partial charge on any atom is -0.438 e. The SMILES string of the molecule is C=CC(=O)Nc1cccc(Oc2nc(Nc3cnn(C)c3)ncc2-c2ccc(C(F)(F)F)cc2)c1. The quantitative estimate of drug-likeness (QED) is 0.337. The van der Waals surface area contributed by atoms with Crippen LogP contribution in [0.15, 0.2) is 79.8 Å². The molecule has 0 unspecified atom stereocenters. The number of nitrogens with one attached hydrogen (secondary N) is 2.